The Morgan fingerprint density at radius 2 is 2.30 bits per heavy atom. The van der Waals surface area contributed by atoms with Crippen molar-refractivity contribution < 1.29 is 14.0 Å². The summed E-state index contributed by atoms with van der Waals surface area (Å²) in [6.45, 7) is 0.567. The van der Waals surface area contributed by atoms with Crippen LogP contribution in [-0.4, -0.2) is 45.3 Å². The molecule has 0 saturated carbocycles. The quantitative estimate of drug-likeness (QED) is 0.823. The average Bonchev–Trinajstić information content (AvgIpc) is 3.23. The molecule has 0 aliphatic carbocycles. The van der Waals surface area contributed by atoms with Gasteiger partial charge in [0.1, 0.15) is 6.04 Å². The third-order valence-electron chi connectivity index (χ3n) is 3.61. The highest BCUT2D eigenvalue weighted by atomic mass is 32.2. The number of nitrogens with zero attached hydrogens (tertiary/aromatic N) is 3. The maximum Gasteiger partial charge on any atom is 0.277 e. The molecular formula is C14H16N4O3S2. The lowest BCUT2D eigenvalue weighted by Crippen LogP contribution is -2.51. The summed E-state index contributed by atoms with van der Waals surface area (Å²) >= 11 is 2.68. The first kappa shape index (κ1) is 16.0. The van der Waals surface area contributed by atoms with Gasteiger partial charge in [-0.2, -0.15) is 0 Å². The molecule has 1 aliphatic rings. The Kier molecular flexibility index (Phi) is 4.97. The lowest BCUT2D eigenvalue weighted by molar-refractivity contribution is -0.138. The van der Waals surface area contributed by atoms with Crippen LogP contribution in [0.2, 0.25) is 0 Å². The minimum absolute atomic E-state index is 0.130. The van der Waals surface area contributed by atoms with Crippen LogP contribution in [-0.2, 0) is 9.59 Å². The third-order valence-corrected chi connectivity index (χ3v) is 5.27. The topological polar surface area (TPSA) is 102 Å². The Balaban J connectivity index is 1.59. The molecule has 1 fully saturated rings. The van der Waals surface area contributed by atoms with E-state index in [4.69, 9.17) is 10.2 Å². The molecule has 0 unspecified atom stereocenters. The lowest BCUT2D eigenvalue weighted by atomic mass is 10.0. The molecule has 1 saturated heterocycles. The molecule has 9 heteroatoms. The van der Waals surface area contributed by atoms with E-state index in [1.807, 2.05) is 17.5 Å². The van der Waals surface area contributed by atoms with E-state index in [-0.39, 0.29) is 11.7 Å². The minimum atomic E-state index is -0.499. The van der Waals surface area contributed by atoms with E-state index in [0.29, 0.717) is 24.1 Å². The molecule has 2 aromatic rings. The Bertz CT molecular complexity index is 686. The van der Waals surface area contributed by atoms with Crippen LogP contribution in [0.25, 0.3) is 10.8 Å². The van der Waals surface area contributed by atoms with Crippen LogP contribution >= 0.6 is 23.1 Å². The van der Waals surface area contributed by atoms with E-state index in [0.717, 1.165) is 17.7 Å². The zero-order valence-corrected chi connectivity index (χ0v) is 13.9. The van der Waals surface area contributed by atoms with Gasteiger partial charge in [-0.1, -0.05) is 17.8 Å². The van der Waals surface area contributed by atoms with Gasteiger partial charge in [0.25, 0.3) is 11.1 Å². The maximum absolute atomic E-state index is 12.3. The predicted octanol–water partition coefficient (Wildman–Crippen LogP) is 1.76. The number of thiophene rings is 1. The molecule has 2 amide bonds. The fraction of sp³-hybridized carbons (Fsp3) is 0.429. The zero-order chi connectivity index (χ0) is 16.2. The Labute approximate surface area is 141 Å². The van der Waals surface area contributed by atoms with Crippen molar-refractivity contribution in [2.24, 2.45) is 5.73 Å². The highest BCUT2D eigenvalue weighted by molar-refractivity contribution is 7.99. The molecule has 1 atom stereocenters. The number of rotatable bonds is 5. The van der Waals surface area contributed by atoms with Crippen LogP contribution in [0.4, 0.5) is 0 Å². The van der Waals surface area contributed by atoms with Crippen molar-refractivity contribution in [1.29, 1.82) is 0 Å². The molecule has 1 aliphatic heterocycles. The van der Waals surface area contributed by atoms with E-state index >= 15 is 0 Å². The van der Waals surface area contributed by atoms with Crippen molar-refractivity contribution in [1.82, 2.24) is 15.1 Å². The predicted molar refractivity (Wildman–Crippen MR) is 86.9 cm³/mol. The van der Waals surface area contributed by atoms with Crippen LogP contribution < -0.4 is 5.73 Å². The number of primary amides is 1. The van der Waals surface area contributed by atoms with Crippen molar-refractivity contribution in [3.63, 3.8) is 0 Å². The van der Waals surface area contributed by atoms with Crippen molar-refractivity contribution in [2.45, 2.75) is 30.5 Å². The summed E-state index contributed by atoms with van der Waals surface area (Å²) in [5, 5.41) is 10.2. The number of carbonyl (C=O) groups is 2. The number of aromatic nitrogens is 2. The number of thioether (sulfide) groups is 1. The van der Waals surface area contributed by atoms with Crippen LogP contribution in [0, 0.1) is 0 Å². The van der Waals surface area contributed by atoms with E-state index in [1.165, 1.54) is 23.1 Å². The molecule has 0 radical (unpaired) electrons. The minimum Gasteiger partial charge on any atom is -0.410 e. The first-order valence-electron chi connectivity index (χ1n) is 7.24. The van der Waals surface area contributed by atoms with Crippen LogP contribution in [0.15, 0.2) is 27.2 Å². The van der Waals surface area contributed by atoms with Gasteiger partial charge in [-0.15, -0.1) is 21.5 Å². The lowest BCUT2D eigenvalue weighted by Gasteiger charge is -2.33. The van der Waals surface area contributed by atoms with Gasteiger partial charge in [-0.3, -0.25) is 9.59 Å². The zero-order valence-electron chi connectivity index (χ0n) is 12.3. The van der Waals surface area contributed by atoms with Gasteiger partial charge in [0.15, 0.2) is 0 Å². The molecular weight excluding hydrogens is 336 g/mol. The normalized spacial score (nSPS) is 18.1. The Morgan fingerprint density at radius 1 is 1.43 bits per heavy atom. The standard InChI is InChI=1S/C14H16N4O3S2/c15-12(20)9-4-1-2-6-18(9)11(19)8-23-14-17-16-13(21-14)10-5-3-7-22-10/h3,5,7,9H,1-2,4,6,8H2,(H2,15,20)/t9-/m0/s1. The summed E-state index contributed by atoms with van der Waals surface area (Å²) in [6, 6.07) is 3.30. The molecule has 0 spiro atoms. The van der Waals surface area contributed by atoms with Gasteiger partial charge >= 0.3 is 0 Å². The first-order chi connectivity index (χ1) is 11.1. The number of hydrogen-bond donors (Lipinski definition) is 1. The average molecular weight is 352 g/mol. The van der Waals surface area contributed by atoms with Gasteiger partial charge in [0.2, 0.25) is 11.8 Å². The van der Waals surface area contributed by atoms with E-state index in [2.05, 4.69) is 10.2 Å². The second-order valence-electron chi connectivity index (χ2n) is 5.14. The van der Waals surface area contributed by atoms with Gasteiger partial charge in [0.05, 0.1) is 10.6 Å². The molecule has 2 aromatic heterocycles. The summed E-state index contributed by atoms with van der Waals surface area (Å²) in [7, 11) is 0. The third kappa shape index (κ3) is 3.73. The highest BCUT2D eigenvalue weighted by Gasteiger charge is 2.30. The smallest absolute Gasteiger partial charge is 0.277 e. The molecule has 122 valence electrons. The molecule has 23 heavy (non-hydrogen) atoms. The largest absolute Gasteiger partial charge is 0.410 e. The van der Waals surface area contributed by atoms with Crippen LogP contribution in [0.1, 0.15) is 19.3 Å². The number of carbonyl (C=O) groups excluding carboxylic acids is 2. The highest BCUT2D eigenvalue weighted by Crippen LogP contribution is 2.27. The summed E-state index contributed by atoms with van der Waals surface area (Å²) in [5.41, 5.74) is 5.38. The number of likely N-dealkylation sites (tertiary alicyclic amines) is 1. The van der Waals surface area contributed by atoms with Crippen molar-refractivity contribution in [3.05, 3.63) is 17.5 Å². The van der Waals surface area contributed by atoms with Crippen LogP contribution in [0.5, 0.6) is 0 Å². The molecule has 0 bridgehead atoms. The maximum atomic E-state index is 12.3. The summed E-state index contributed by atoms with van der Waals surface area (Å²) in [6.07, 6.45) is 2.44. The SMILES string of the molecule is NC(=O)[C@@H]1CCCCN1C(=O)CSc1nnc(-c2cccs2)o1. The van der Waals surface area contributed by atoms with E-state index in [9.17, 15) is 9.59 Å². The molecule has 0 aromatic carbocycles. The molecule has 2 N–H and O–H groups in total. The molecule has 7 nitrogen and oxygen atoms in total. The summed E-state index contributed by atoms with van der Waals surface area (Å²) in [4.78, 5) is 26.2. The number of hydrogen-bond acceptors (Lipinski definition) is 7. The first-order valence-corrected chi connectivity index (χ1v) is 9.10. The van der Waals surface area contributed by atoms with Crippen molar-refractivity contribution in [2.75, 3.05) is 12.3 Å². The fourth-order valence-corrected chi connectivity index (χ4v) is 3.79. The Morgan fingerprint density at radius 3 is 3.04 bits per heavy atom. The second-order valence-corrected chi connectivity index (χ2v) is 7.01. The van der Waals surface area contributed by atoms with Crippen molar-refractivity contribution >= 4 is 34.9 Å². The van der Waals surface area contributed by atoms with Crippen LogP contribution in [0.3, 0.4) is 0 Å². The summed E-state index contributed by atoms with van der Waals surface area (Å²) < 4.78 is 5.53. The van der Waals surface area contributed by atoms with E-state index < -0.39 is 11.9 Å². The van der Waals surface area contributed by atoms with Gasteiger partial charge in [-0.25, -0.2) is 0 Å². The van der Waals surface area contributed by atoms with Gasteiger partial charge in [0, 0.05) is 6.54 Å². The monoisotopic (exact) mass is 352 g/mol. The molecule has 3 heterocycles. The number of nitrogens with two attached hydrogens (primary N) is 1. The van der Waals surface area contributed by atoms with Gasteiger partial charge < -0.3 is 15.1 Å². The number of amides is 2. The van der Waals surface area contributed by atoms with Crippen molar-refractivity contribution in [3.8, 4) is 10.8 Å². The fourth-order valence-electron chi connectivity index (χ4n) is 2.50. The van der Waals surface area contributed by atoms with E-state index in [1.54, 1.807) is 4.90 Å². The second kappa shape index (κ2) is 7.14. The molecule has 3 rings (SSSR count). The van der Waals surface area contributed by atoms with Gasteiger partial charge in [-0.05, 0) is 30.7 Å². The number of piperidine rings is 1. The summed E-state index contributed by atoms with van der Waals surface area (Å²) in [5.74, 6) is 0.0219. The Hall–Kier alpha value is -1.87.